The van der Waals surface area contributed by atoms with Crippen molar-refractivity contribution in [1.82, 2.24) is 14.5 Å². The number of imidazole rings is 1. The van der Waals surface area contributed by atoms with Gasteiger partial charge in [0.05, 0.1) is 22.9 Å². The van der Waals surface area contributed by atoms with Crippen molar-refractivity contribution in [1.29, 1.82) is 0 Å². The molecule has 1 aliphatic carbocycles. The molecule has 19 heavy (non-hydrogen) atoms. The van der Waals surface area contributed by atoms with Gasteiger partial charge in [0.1, 0.15) is 5.69 Å². The molecule has 2 heterocycles. The van der Waals surface area contributed by atoms with E-state index < -0.39 is 0 Å². The summed E-state index contributed by atoms with van der Waals surface area (Å²) in [6, 6.07) is 12.6. The van der Waals surface area contributed by atoms with E-state index in [1.54, 1.807) is 6.20 Å². The first-order valence-corrected chi connectivity index (χ1v) is 6.52. The van der Waals surface area contributed by atoms with Gasteiger partial charge >= 0.3 is 0 Å². The van der Waals surface area contributed by atoms with E-state index >= 15 is 0 Å². The summed E-state index contributed by atoms with van der Waals surface area (Å²) in [5.41, 5.74) is 9.49. The maximum absolute atomic E-state index is 5.70. The Morgan fingerprint density at radius 2 is 1.95 bits per heavy atom. The second-order valence-electron chi connectivity index (χ2n) is 5.00. The Kier molecular flexibility index (Phi) is 2.12. The number of fused-ring (bicyclic) bond motifs is 1. The molecular weight excluding hydrogens is 236 g/mol. The maximum Gasteiger partial charge on any atom is 0.160 e. The molecular formula is C15H14N4. The standard InChI is InChI=1S/C15H14N4/c16-10-5-8-13(17-9-10)15-18-12-3-1-2-4-14(12)19(15)11-6-7-11/h1-5,8-9,11H,6-7,16H2. The van der Waals surface area contributed by atoms with Gasteiger partial charge in [-0.15, -0.1) is 0 Å². The number of benzene rings is 1. The van der Waals surface area contributed by atoms with Crippen LogP contribution in [0.4, 0.5) is 5.69 Å². The van der Waals surface area contributed by atoms with Gasteiger partial charge in [-0.25, -0.2) is 4.98 Å². The van der Waals surface area contributed by atoms with E-state index in [0.29, 0.717) is 11.7 Å². The number of pyridine rings is 1. The minimum atomic E-state index is 0.571. The second kappa shape index (κ2) is 3.82. The number of para-hydroxylation sites is 2. The van der Waals surface area contributed by atoms with Gasteiger partial charge in [-0.3, -0.25) is 4.98 Å². The van der Waals surface area contributed by atoms with Crippen molar-refractivity contribution in [2.75, 3.05) is 5.73 Å². The van der Waals surface area contributed by atoms with Crippen LogP contribution in [0.25, 0.3) is 22.6 Å². The average Bonchev–Trinajstić information content (AvgIpc) is 3.20. The molecule has 1 aromatic carbocycles. The highest BCUT2D eigenvalue weighted by atomic mass is 15.1. The van der Waals surface area contributed by atoms with Gasteiger partial charge in [-0.05, 0) is 37.1 Å². The maximum atomic E-state index is 5.70. The Balaban J connectivity index is 1.98. The van der Waals surface area contributed by atoms with Crippen LogP contribution in [0.15, 0.2) is 42.6 Å². The molecule has 0 atom stereocenters. The fraction of sp³-hybridized carbons (Fsp3) is 0.200. The highest BCUT2D eigenvalue weighted by molar-refractivity contribution is 5.80. The first kappa shape index (κ1) is 10.6. The summed E-state index contributed by atoms with van der Waals surface area (Å²) in [5, 5.41) is 0. The molecule has 0 unspecified atom stereocenters. The summed E-state index contributed by atoms with van der Waals surface area (Å²) in [4.78, 5) is 9.14. The molecule has 4 nitrogen and oxygen atoms in total. The first-order valence-electron chi connectivity index (χ1n) is 6.52. The lowest BCUT2D eigenvalue weighted by Gasteiger charge is -2.07. The predicted molar refractivity (Wildman–Crippen MR) is 75.6 cm³/mol. The summed E-state index contributed by atoms with van der Waals surface area (Å²) in [6.45, 7) is 0. The smallest absolute Gasteiger partial charge is 0.160 e. The van der Waals surface area contributed by atoms with Gasteiger partial charge in [0.25, 0.3) is 0 Å². The van der Waals surface area contributed by atoms with Gasteiger partial charge in [0.15, 0.2) is 5.82 Å². The van der Waals surface area contributed by atoms with Crippen LogP contribution in [0.2, 0.25) is 0 Å². The molecule has 1 saturated carbocycles. The Hall–Kier alpha value is -2.36. The first-order chi connectivity index (χ1) is 9.33. The predicted octanol–water partition coefficient (Wildman–Crippen LogP) is 3.02. The lowest BCUT2D eigenvalue weighted by molar-refractivity contribution is 0.772. The van der Waals surface area contributed by atoms with Crippen LogP contribution in [0.3, 0.4) is 0 Å². The normalized spacial score (nSPS) is 14.9. The second-order valence-corrected chi connectivity index (χ2v) is 5.00. The molecule has 0 saturated heterocycles. The molecule has 0 aliphatic heterocycles. The fourth-order valence-corrected chi connectivity index (χ4v) is 2.47. The molecule has 94 valence electrons. The van der Waals surface area contributed by atoms with Crippen LogP contribution in [0.5, 0.6) is 0 Å². The molecule has 0 spiro atoms. The largest absolute Gasteiger partial charge is 0.397 e. The van der Waals surface area contributed by atoms with Gasteiger partial charge in [-0.2, -0.15) is 0 Å². The Labute approximate surface area is 110 Å². The van der Waals surface area contributed by atoms with Crippen molar-refractivity contribution < 1.29 is 0 Å². The van der Waals surface area contributed by atoms with Gasteiger partial charge < -0.3 is 10.3 Å². The van der Waals surface area contributed by atoms with Crippen molar-refractivity contribution in [2.24, 2.45) is 0 Å². The van der Waals surface area contributed by atoms with Crippen molar-refractivity contribution in [2.45, 2.75) is 18.9 Å². The zero-order chi connectivity index (χ0) is 12.8. The van der Waals surface area contributed by atoms with Crippen molar-refractivity contribution in [3.63, 3.8) is 0 Å². The molecule has 4 heteroatoms. The quantitative estimate of drug-likeness (QED) is 0.760. The van der Waals surface area contributed by atoms with Gasteiger partial charge in [0.2, 0.25) is 0 Å². The molecule has 1 aliphatic rings. The number of nitrogens with zero attached hydrogens (tertiary/aromatic N) is 3. The van der Waals surface area contributed by atoms with Crippen LogP contribution < -0.4 is 5.73 Å². The van der Waals surface area contributed by atoms with Gasteiger partial charge in [-0.1, -0.05) is 12.1 Å². The molecule has 0 bridgehead atoms. The van der Waals surface area contributed by atoms with E-state index in [2.05, 4.69) is 27.8 Å². The van der Waals surface area contributed by atoms with Crippen molar-refractivity contribution >= 4 is 16.7 Å². The third-order valence-electron chi connectivity index (χ3n) is 3.52. The summed E-state index contributed by atoms with van der Waals surface area (Å²) >= 11 is 0. The number of hydrogen-bond donors (Lipinski definition) is 1. The number of rotatable bonds is 2. The molecule has 0 amide bonds. The highest BCUT2D eigenvalue weighted by Crippen LogP contribution is 2.40. The van der Waals surface area contributed by atoms with Crippen molar-refractivity contribution in [3.05, 3.63) is 42.6 Å². The molecule has 2 aromatic heterocycles. The third-order valence-corrected chi connectivity index (χ3v) is 3.52. The minimum Gasteiger partial charge on any atom is -0.397 e. The number of hydrogen-bond acceptors (Lipinski definition) is 3. The van der Waals surface area contributed by atoms with Crippen LogP contribution in [0.1, 0.15) is 18.9 Å². The summed E-state index contributed by atoms with van der Waals surface area (Å²) in [5.74, 6) is 0.948. The molecule has 2 N–H and O–H groups in total. The van der Waals surface area contributed by atoms with E-state index in [4.69, 9.17) is 10.7 Å². The number of anilines is 1. The SMILES string of the molecule is Nc1ccc(-c2nc3ccccc3n2C2CC2)nc1. The monoisotopic (exact) mass is 250 g/mol. The number of nitrogen functional groups attached to an aromatic ring is 1. The van der Waals surface area contributed by atoms with Crippen LogP contribution >= 0.6 is 0 Å². The Morgan fingerprint density at radius 1 is 1.11 bits per heavy atom. The minimum absolute atomic E-state index is 0.571. The zero-order valence-corrected chi connectivity index (χ0v) is 10.5. The van der Waals surface area contributed by atoms with E-state index in [-0.39, 0.29) is 0 Å². The average molecular weight is 250 g/mol. The van der Waals surface area contributed by atoms with E-state index in [9.17, 15) is 0 Å². The lowest BCUT2D eigenvalue weighted by atomic mass is 10.3. The van der Waals surface area contributed by atoms with E-state index in [1.807, 2.05) is 18.2 Å². The lowest BCUT2D eigenvalue weighted by Crippen LogP contribution is -1.99. The Bertz CT molecular complexity index is 738. The molecule has 4 rings (SSSR count). The number of nitrogens with two attached hydrogens (primary N) is 1. The molecule has 1 fully saturated rings. The van der Waals surface area contributed by atoms with Gasteiger partial charge in [0, 0.05) is 6.04 Å². The third kappa shape index (κ3) is 1.68. The number of aromatic nitrogens is 3. The van der Waals surface area contributed by atoms with Crippen LogP contribution in [-0.2, 0) is 0 Å². The van der Waals surface area contributed by atoms with E-state index in [1.165, 1.54) is 18.4 Å². The molecule has 3 aromatic rings. The summed E-state index contributed by atoms with van der Waals surface area (Å²) in [7, 11) is 0. The fourth-order valence-electron chi connectivity index (χ4n) is 2.47. The Morgan fingerprint density at radius 3 is 2.68 bits per heavy atom. The topological polar surface area (TPSA) is 56.7 Å². The van der Waals surface area contributed by atoms with E-state index in [0.717, 1.165) is 17.0 Å². The highest BCUT2D eigenvalue weighted by Gasteiger charge is 2.28. The summed E-state index contributed by atoms with van der Waals surface area (Å²) in [6.07, 6.45) is 4.14. The molecule has 0 radical (unpaired) electrons. The van der Waals surface area contributed by atoms with Crippen molar-refractivity contribution in [3.8, 4) is 11.5 Å². The zero-order valence-electron chi connectivity index (χ0n) is 10.5. The summed E-state index contributed by atoms with van der Waals surface area (Å²) < 4.78 is 2.31. The van der Waals surface area contributed by atoms with Crippen LogP contribution in [0, 0.1) is 0 Å². The van der Waals surface area contributed by atoms with Crippen LogP contribution in [-0.4, -0.2) is 14.5 Å².